The molecule has 1 amide bonds. The molecule has 1 aliphatic carbocycles. The fourth-order valence-corrected chi connectivity index (χ4v) is 5.56. The lowest BCUT2D eigenvalue weighted by Gasteiger charge is -2.27. The number of nitrogens with zero attached hydrogens (tertiary/aromatic N) is 2. The number of amides is 1. The number of thioether (sulfide) groups is 1. The van der Waals surface area contributed by atoms with Crippen molar-refractivity contribution >= 4 is 35.0 Å². The van der Waals surface area contributed by atoms with Crippen LogP contribution in [0.3, 0.4) is 0 Å². The molecule has 0 radical (unpaired) electrons. The van der Waals surface area contributed by atoms with Crippen molar-refractivity contribution in [2.24, 2.45) is 0 Å². The molecule has 2 fully saturated rings. The van der Waals surface area contributed by atoms with Gasteiger partial charge in [0.05, 0.1) is 0 Å². The van der Waals surface area contributed by atoms with E-state index in [-0.39, 0.29) is 17.6 Å². The normalized spacial score (nSPS) is 21.9. The summed E-state index contributed by atoms with van der Waals surface area (Å²) in [6, 6.07) is 0.895. The molecule has 8 heteroatoms. The number of carboxylic acids is 1. The summed E-state index contributed by atoms with van der Waals surface area (Å²) in [5.41, 5.74) is 0.0974. The van der Waals surface area contributed by atoms with Crippen LogP contribution in [-0.2, 0) is 4.79 Å². The van der Waals surface area contributed by atoms with Gasteiger partial charge in [-0.2, -0.15) is 0 Å². The van der Waals surface area contributed by atoms with Gasteiger partial charge in [-0.25, -0.2) is 9.78 Å². The maximum Gasteiger partial charge on any atom is 0.355 e. The van der Waals surface area contributed by atoms with Gasteiger partial charge in [-0.1, -0.05) is 37.4 Å². The number of carbonyl (C=O) groups excluding carboxylic acids is 1. The Bertz CT molecular complexity index is 615. The summed E-state index contributed by atoms with van der Waals surface area (Å²) in [5, 5.41) is 14.2. The number of likely N-dealkylation sites (tertiary alicyclic amines) is 1. The number of rotatable bonds is 8. The smallest absolute Gasteiger partial charge is 0.355 e. The van der Waals surface area contributed by atoms with E-state index in [1.807, 2.05) is 4.90 Å². The zero-order valence-corrected chi connectivity index (χ0v) is 16.6. The number of carbonyl (C=O) groups is 2. The summed E-state index contributed by atoms with van der Waals surface area (Å²) in [6.07, 6.45) is 9.42. The van der Waals surface area contributed by atoms with Crippen LogP contribution in [0.15, 0.2) is 9.72 Å². The molecule has 0 spiro atoms. The van der Waals surface area contributed by atoms with Crippen LogP contribution < -0.4 is 5.32 Å². The SMILES string of the molecule is O=C(O)c1csc(SCCN2C(=O)CC[C@@H]2CNC2CCCCCC2)n1. The van der Waals surface area contributed by atoms with Crippen LogP contribution >= 0.6 is 23.1 Å². The van der Waals surface area contributed by atoms with Crippen molar-refractivity contribution in [1.82, 2.24) is 15.2 Å². The zero-order chi connectivity index (χ0) is 18.4. The van der Waals surface area contributed by atoms with E-state index in [1.54, 1.807) is 5.38 Å². The predicted molar refractivity (Wildman–Crippen MR) is 104 cm³/mol. The van der Waals surface area contributed by atoms with Gasteiger partial charge in [0.25, 0.3) is 0 Å². The van der Waals surface area contributed by atoms with Gasteiger partial charge < -0.3 is 15.3 Å². The first-order valence-electron chi connectivity index (χ1n) is 9.48. The Balaban J connectivity index is 1.44. The monoisotopic (exact) mass is 397 g/mol. The predicted octanol–water partition coefficient (Wildman–Crippen LogP) is 3.24. The highest BCUT2D eigenvalue weighted by molar-refractivity contribution is 8.01. The lowest BCUT2D eigenvalue weighted by molar-refractivity contribution is -0.128. The van der Waals surface area contributed by atoms with Crippen molar-refractivity contribution in [2.75, 3.05) is 18.8 Å². The third-order valence-corrected chi connectivity index (χ3v) is 7.21. The minimum atomic E-state index is -0.993. The third-order valence-electron chi connectivity index (χ3n) is 5.21. The summed E-state index contributed by atoms with van der Waals surface area (Å²) in [6.45, 7) is 1.59. The standard InChI is InChI=1S/C18H27N3O3S2/c22-16-8-7-14(11-19-13-5-3-1-2-4-6-13)21(16)9-10-25-18-20-15(12-26-18)17(23)24/h12-14,19H,1-11H2,(H,23,24)/t14-/m1/s1. The summed E-state index contributed by atoms with van der Waals surface area (Å²) >= 11 is 2.88. The van der Waals surface area contributed by atoms with Crippen LogP contribution in [-0.4, -0.2) is 57.8 Å². The van der Waals surface area contributed by atoms with Crippen LogP contribution in [0.25, 0.3) is 0 Å². The average molecular weight is 398 g/mol. The van der Waals surface area contributed by atoms with E-state index >= 15 is 0 Å². The molecule has 1 aliphatic heterocycles. The summed E-state index contributed by atoms with van der Waals surface area (Å²) < 4.78 is 0.752. The Morgan fingerprint density at radius 2 is 2.08 bits per heavy atom. The van der Waals surface area contributed by atoms with E-state index < -0.39 is 5.97 Å². The molecule has 0 unspecified atom stereocenters. The molecule has 2 heterocycles. The summed E-state index contributed by atoms with van der Waals surface area (Å²) in [7, 11) is 0. The third kappa shape index (κ3) is 5.44. The first kappa shape index (κ1) is 19.6. The number of nitrogens with one attached hydrogen (secondary N) is 1. The number of aromatic carboxylic acids is 1. The molecule has 144 valence electrons. The lowest BCUT2D eigenvalue weighted by Crippen LogP contribution is -2.43. The van der Waals surface area contributed by atoms with Gasteiger partial charge in [0.2, 0.25) is 5.91 Å². The fourth-order valence-electron chi connectivity index (χ4n) is 3.75. The number of thiazole rings is 1. The molecule has 26 heavy (non-hydrogen) atoms. The molecule has 1 atom stereocenters. The Kier molecular flexibility index (Phi) is 7.33. The second-order valence-electron chi connectivity index (χ2n) is 7.03. The van der Waals surface area contributed by atoms with Gasteiger partial charge in [0.15, 0.2) is 10.0 Å². The van der Waals surface area contributed by atoms with E-state index in [0.29, 0.717) is 19.0 Å². The van der Waals surface area contributed by atoms with Gasteiger partial charge in [-0.05, 0) is 19.3 Å². The van der Waals surface area contributed by atoms with Gasteiger partial charge in [-0.15, -0.1) is 11.3 Å². The average Bonchev–Trinajstić information content (AvgIpc) is 3.13. The highest BCUT2D eigenvalue weighted by Gasteiger charge is 2.30. The minimum absolute atomic E-state index is 0.0974. The van der Waals surface area contributed by atoms with Crippen molar-refractivity contribution in [3.8, 4) is 0 Å². The van der Waals surface area contributed by atoms with Gasteiger partial charge in [0.1, 0.15) is 0 Å². The lowest BCUT2D eigenvalue weighted by atomic mass is 10.1. The Labute approximate surface area is 162 Å². The maximum absolute atomic E-state index is 12.2. The molecule has 2 N–H and O–H groups in total. The number of aromatic nitrogens is 1. The molecule has 0 bridgehead atoms. The first-order valence-corrected chi connectivity index (χ1v) is 11.3. The van der Waals surface area contributed by atoms with Crippen LogP contribution in [0.4, 0.5) is 0 Å². The maximum atomic E-state index is 12.2. The molecular weight excluding hydrogens is 370 g/mol. The molecule has 6 nitrogen and oxygen atoms in total. The highest BCUT2D eigenvalue weighted by atomic mass is 32.2. The van der Waals surface area contributed by atoms with Crippen LogP contribution in [0.2, 0.25) is 0 Å². The number of hydrogen-bond acceptors (Lipinski definition) is 6. The summed E-state index contributed by atoms with van der Waals surface area (Å²) in [4.78, 5) is 29.2. The van der Waals surface area contributed by atoms with Gasteiger partial charge in [-0.3, -0.25) is 4.79 Å². The molecule has 2 aliphatic rings. The Hall–Kier alpha value is -1.12. The quantitative estimate of drug-likeness (QED) is 0.518. The second-order valence-corrected chi connectivity index (χ2v) is 9.23. The first-order chi connectivity index (χ1) is 12.6. The Morgan fingerprint density at radius 1 is 1.31 bits per heavy atom. The van der Waals surface area contributed by atoms with E-state index in [1.165, 1.54) is 61.6 Å². The summed E-state index contributed by atoms with van der Waals surface area (Å²) in [5.74, 6) is -0.00535. The number of carboxylic acid groups (broad SMARTS) is 1. The number of hydrogen-bond donors (Lipinski definition) is 2. The molecule has 3 rings (SSSR count). The van der Waals surface area contributed by atoms with Crippen molar-refractivity contribution in [1.29, 1.82) is 0 Å². The molecule has 1 saturated carbocycles. The van der Waals surface area contributed by atoms with Crippen molar-refractivity contribution in [3.63, 3.8) is 0 Å². The molecule has 1 saturated heterocycles. The van der Waals surface area contributed by atoms with Crippen LogP contribution in [0.1, 0.15) is 61.9 Å². The molecule has 1 aromatic rings. The van der Waals surface area contributed by atoms with Crippen LogP contribution in [0, 0.1) is 0 Å². The van der Waals surface area contributed by atoms with E-state index in [2.05, 4.69) is 10.3 Å². The fraction of sp³-hybridized carbons (Fsp3) is 0.722. The van der Waals surface area contributed by atoms with Crippen molar-refractivity contribution in [3.05, 3.63) is 11.1 Å². The largest absolute Gasteiger partial charge is 0.476 e. The van der Waals surface area contributed by atoms with Gasteiger partial charge in [0, 0.05) is 42.7 Å². The topological polar surface area (TPSA) is 82.5 Å². The second kappa shape index (κ2) is 9.71. The van der Waals surface area contributed by atoms with Gasteiger partial charge >= 0.3 is 5.97 Å². The molecule has 1 aromatic heterocycles. The van der Waals surface area contributed by atoms with Crippen molar-refractivity contribution < 1.29 is 14.7 Å². The van der Waals surface area contributed by atoms with Crippen molar-refractivity contribution in [2.45, 2.75) is 67.8 Å². The highest BCUT2D eigenvalue weighted by Crippen LogP contribution is 2.25. The van der Waals surface area contributed by atoms with Crippen LogP contribution in [0.5, 0.6) is 0 Å². The molecular formula is C18H27N3O3S2. The van der Waals surface area contributed by atoms with E-state index in [9.17, 15) is 9.59 Å². The zero-order valence-electron chi connectivity index (χ0n) is 15.0. The van der Waals surface area contributed by atoms with E-state index in [4.69, 9.17) is 5.11 Å². The molecule has 0 aromatic carbocycles. The minimum Gasteiger partial charge on any atom is -0.476 e. The Morgan fingerprint density at radius 3 is 2.77 bits per heavy atom. The van der Waals surface area contributed by atoms with E-state index in [0.717, 1.165) is 23.1 Å².